The standard InChI is InChI=1S/C14H16FN5S2.ClH/c15-10-4-17-13(18-5-10)20-6-9-7-22-12(16)19-14(9,8-20)11-2-1-3-21-11;/h1-5,9,12,19H,6-8,16H2;1H/t9-,12?,14-;/m0./s1. The first kappa shape index (κ1) is 16.9. The van der Waals surface area contributed by atoms with E-state index in [-0.39, 0.29) is 23.4 Å². The highest BCUT2D eigenvalue weighted by atomic mass is 35.5. The Balaban J connectivity index is 0.00000156. The lowest BCUT2D eigenvalue weighted by atomic mass is 9.86. The molecule has 0 aliphatic carbocycles. The van der Waals surface area contributed by atoms with E-state index < -0.39 is 5.82 Å². The molecule has 3 N–H and O–H groups in total. The monoisotopic (exact) mass is 373 g/mol. The van der Waals surface area contributed by atoms with Gasteiger partial charge in [-0.15, -0.1) is 35.5 Å². The van der Waals surface area contributed by atoms with Gasteiger partial charge >= 0.3 is 0 Å². The molecule has 0 bridgehead atoms. The Morgan fingerprint density at radius 3 is 2.87 bits per heavy atom. The third kappa shape index (κ3) is 2.94. The van der Waals surface area contributed by atoms with Crippen LogP contribution in [0.15, 0.2) is 29.9 Å². The van der Waals surface area contributed by atoms with E-state index in [0.717, 1.165) is 18.8 Å². The van der Waals surface area contributed by atoms with Gasteiger partial charge in [0.2, 0.25) is 5.95 Å². The fraction of sp³-hybridized carbons (Fsp3) is 0.429. The summed E-state index contributed by atoms with van der Waals surface area (Å²) in [5, 5.41) is 5.68. The summed E-state index contributed by atoms with van der Waals surface area (Å²) in [5.41, 5.74) is 5.90. The first-order valence-corrected chi connectivity index (χ1v) is 9.01. The number of thiophene rings is 1. The molecule has 2 aliphatic heterocycles. The number of aromatic nitrogens is 2. The molecule has 5 nitrogen and oxygen atoms in total. The van der Waals surface area contributed by atoms with Crippen molar-refractivity contribution in [3.63, 3.8) is 0 Å². The summed E-state index contributed by atoms with van der Waals surface area (Å²) in [6.07, 6.45) is 2.44. The van der Waals surface area contributed by atoms with Crippen LogP contribution in [0.3, 0.4) is 0 Å². The Morgan fingerprint density at radius 1 is 1.39 bits per heavy atom. The highest BCUT2D eigenvalue weighted by molar-refractivity contribution is 7.99. The van der Waals surface area contributed by atoms with Gasteiger partial charge in [-0.25, -0.2) is 14.4 Å². The van der Waals surface area contributed by atoms with Crippen molar-refractivity contribution >= 4 is 41.5 Å². The maximum absolute atomic E-state index is 13.0. The largest absolute Gasteiger partial charge is 0.338 e. The van der Waals surface area contributed by atoms with E-state index in [4.69, 9.17) is 5.73 Å². The predicted molar refractivity (Wildman–Crippen MR) is 94.5 cm³/mol. The van der Waals surface area contributed by atoms with Crippen molar-refractivity contribution < 1.29 is 4.39 Å². The number of rotatable bonds is 2. The Bertz CT molecular complexity index is 656. The zero-order valence-corrected chi connectivity index (χ0v) is 14.6. The van der Waals surface area contributed by atoms with Crippen molar-refractivity contribution in [2.45, 2.75) is 11.0 Å². The van der Waals surface area contributed by atoms with Crippen LogP contribution in [0.5, 0.6) is 0 Å². The second kappa shape index (κ2) is 6.52. The lowest BCUT2D eigenvalue weighted by Gasteiger charge is -2.41. The number of nitrogens with one attached hydrogen (secondary N) is 1. The average Bonchev–Trinajstić information content (AvgIpc) is 3.15. The molecule has 124 valence electrons. The molecule has 4 rings (SSSR count). The molecular formula is C14H17ClFN5S2. The van der Waals surface area contributed by atoms with Gasteiger partial charge in [-0.05, 0) is 11.4 Å². The van der Waals surface area contributed by atoms with E-state index in [1.807, 2.05) is 0 Å². The fourth-order valence-corrected chi connectivity index (χ4v) is 5.38. The summed E-state index contributed by atoms with van der Waals surface area (Å²) in [5.74, 6) is 1.57. The van der Waals surface area contributed by atoms with Gasteiger partial charge in [-0.3, -0.25) is 5.32 Å². The molecule has 0 saturated carbocycles. The van der Waals surface area contributed by atoms with E-state index in [1.165, 1.54) is 17.3 Å². The Kier molecular flexibility index (Phi) is 4.80. The third-order valence-corrected chi connectivity index (χ3v) is 6.42. The molecule has 0 spiro atoms. The van der Waals surface area contributed by atoms with Gasteiger partial charge in [0.15, 0.2) is 5.82 Å². The van der Waals surface area contributed by atoms with E-state index in [9.17, 15) is 4.39 Å². The van der Waals surface area contributed by atoms with Crippen LogP contribution in [0.4, 0.5) is 10.3 Å². The van der Waals surface area contributed by atoms with Crippen molar-refractivity contribution in [3.05, 3.63) is 40.6 Å². The summed E-state index contributed by atoms with van der Waals surface area (Å²) in [6, 6.07) is 4.22. The number of thioether (sulfide) groups is 1. The molecule has 0 aromatic carbocycles. The van der Waals surface area contributed by atoms with Crippen LogP contribution in [0.2, 0.25) is 0 Å². The van der Waals surface area contributed by atoms with Gasteiger partial charge in [-0.1, -0.05) is 6.07 Å². The Hall–Kier alpha value is -0.930. The molecule has 2 aromatic heterocycles. The number of fused-ring (bicyclic) bond motifs is 1. The number of halogens is 2. The first-order valence-electron chi connectivity index (χ1n) is 7.09. The van der Waals surface area contributed by atoms with Gasteiger partial charge in [0.25, 0.3) is 0 Å². The van der Waals surface area contributed by atoms with Gasteiger partial charge in [0.1, 0.15) is 5.50 Å². The highest BCUT2D eigenvalue weighted by Crippen LogP contribution is 2.45. The lowest BCUT2D eigenvalue weighted by Crippen LogP contribution is -2.58. The van der Waals surface area contributed by atoms with Gasteiger partial charge in [0.05, 0.1) is 17.9 Å². The highest BCUT2D eigenvalue weighted by Gasteiger charge is 2.52. The fourth-order valence-electron chi connectivity index (χ4n) is 3.29. The molecule has 4 heterocycles. The molecule has 2 aliphatic rings. The predicted octanol–water partition coefficient (Wildman–Crippen LogP) is 2.01. The molecule has 9 heteroatoms. The minimum absolute atomic E-state index is 0. The molecular weight excluding hydrogens is 357 g/mol. The van der Waals surface area contributed by atoms with Crippen molar-refractivity contribution in [1.29, 1.82) is 0 Å². The maximum atomic E-state index is 13.0. The SMILES string of the molecule is Cl.NC1N[C@@]2(c3cccs3)CN(c3ncc(F)cn3)C[C@H]2CS1. The van der Waals surface area contributed by atoms with Crippen molar-refractivity contribution in [2.24, 2.45) is 11.7 Å². The molecule has 2 fully saturated rings. The smallest absolute Gasteiger partial charge is 0.225 e. The Morgan fingerprint density at radius 2 is 2.17 bits per heavy atom. The summed E-state index contributed by atoms with van der Waals surface area (Å²) < 4.78 is 13.0. The zero-order valence-electron chi connectivity index (χ0n) is 12.2. The van der Waals surface area contributed by atoms with E-state index in [1.54, 1.807) is 23.1 Å². The topological polar surface area (TPSA) is 67.1 Å². The summed E-state index contributed by atoms with van der Waals surface area (Å²) in [4.78, 5) is 11.7. The minimum atomic E-state index is -0.413. The molecule has 23 heavy (non-hydrogen) atoms. The van der Waals surface area contributed by atoms with Crippen molar-refractivity contribution in [1.82, 2.24) is 15.3 Å². The summed E-state index contributed by atoms with van der Waals surface area (Å²) in [7, 11) is 0. The number of hydrogen-bond acceptors (Lipinski definition) is 7. The molecule has 3 atom stereocenters. The van der Waals surface area contributed by atoms with Gasteiger partial charge < -0.3 is 10.6 Å². The van der Waals surface area contributed by atoms with Crippen LogP contribution in [0, 0.1) is 11.7 Å². The zero-order chi connectivity index (χ0) is 15.2. The molecule has 2 saturated heterocycles. The number of hydrogen-bond donors (Lipinski definition) is 2. The van der Waals surface area contributed by atoms with E-state index in [2.05, 4.69) is 37.7 Å². The summed E-state index contributed by atoms with van der Waals surface area (Å²) in [6.45, 7) is 1.59. The van der Waals surface area contributed by atoms with E-state index in [0.29, 0.717) is 11.9 Å². The molecule has 1 unspecified atom stereocenters. The van der Waals surface area contributed by atoms with E-state index >= 15 is 0 Å². The molecule has 0 amide bonds. The minimum Gasteiger partial charge on any atom is -0.338 e. The molecule has 2 aromatic rings. The van der Waals surface area contributed by atoms with Crippen LogP contribution < -0.4 is 16.0 Å². The van der Waals surface area contributed by atoms with Crippen LogP contribution in [-0.4, -0.2) is 34.3 Å². The van der Waals surface area contributed by atoms with Crippen LogP contribution >= 0.6 is 35.5 Å². The number of nitrogens with two attached hydrogens (primary N) is 1. The van der Waals surface area contributed by atoms with Crippen LogP contribution in [0.25, 0.3) is 0 Å². The number of anilines is 1. The van der Waals surface area contributed by atoms with Crippen molar-refractivity contribution in [2.75, 3.05) is 23.7 Å². The maximum Gasteiger partial charge on any atom is 0.225 e. The van der Waals surface area contributed by atoms with Crippen molar-refractivity contribution in [3.8, 4) is 0 Å². The first-order chi connectivity index (χ1) is 10.7. The Labute approximate surface area is 148 Å². The molecule has 0 radical (unpaired) electrons. The van der Waals surface area contributed by atoms with Gasteiger partial charge in [0, 0.05) is 29.6 Å². The average molecular weight is 374 g/mol. The summed E-state index contributed by atoms with van der Waals surface area (Å²) >= 11 is 3.48. The van der Waals surface area contributed by atoms with Crippen LogP contribution in [0.1, 0.15) is 4.88 Å². The third-order valence-electron chi connectivity index (χ3n) is 4.31. The van der Waals surface area contributed by atoms with Crippen LogP contribution in [-0.2, 0) is 5.54 Å². The number of nitrogens with zero attached hydrogens (tertiary/aromatic N) is 3. The second-order valence-electron chi connectivity index (χ2n) is 5.63. The lowest BCUT2D eigenvalue weighted by molar-refractivity contribution is 0.280. The quantitative estimate of drug-likeness (QED) is 0.839. The normalized spacial score (nSPS) is 29.9. The second-order valence-corrected chi connectivity index (χ2v) is 7.75. The van der Waals surface area contributed by atoms with Gasteiger partial charge in [-0.2, -0.15) is 0 Å².